The number of anilines is 1. The van der Waals surface area contributed by atoms with Crippen molar-refractivity contribution in [2.75, 3.05) is 5.32 Å². The van der Waals surface area contributed by atoms with Crippen molar-refractivity contribution in [2.24, 2.45) is 0 Å². The molecule has 0 atom stereocenters. The highest BCUT2D eigenvalue weighted by Gasteiger charge is 2.14. The molecule has 0 fully saturated rings. The molecule has 0 heterocycles. The van der Waals surface area contributed by atoms with Gasteiger partial charge in [-0.05, 0) is 47.9 Å². The van der Waals surface area contributed by atoms with Crippen LogP contribution in [-0.2, 0) is 4.79 Å². The van der Waals surface area contributed by atoms with Crippen LogP contribution < -0.4 is 5.32 Å². The molecule has 0 spiro atoms. The van der Waals surface area contributed by atoms with Crippen LogP contribution in [0.3, 0.4) is 0 Å². The fraction of sp³-hybridized carbons (Fsp3) is 0.0455. The number of aryl methyl sites for hydroxylation is 1. The van der Waals surface area contributed by atoms with Gasteiger partial charge in [-0.25, -0.2) is 0 Å². The third-order valence-corrected chi connectivity index (χ3v) is 4.14. The van der Waals surface area contributed by atoms with Gasteiger partial charge in [-0.1, -0.05) is 48.5 Å². The molecule has 0 aliphatic carbocycles. The lowest BCUT2D eigenvalue weighted by Gasteiger charge is -2.11. The highest BCUT2D eigenvalue weighted by atomic mass is 16.6. The second kappa shape index (κ2) is 8.10. The van der Waals surface area contributed by atoms with Crippen molar-refractivity contribution >= 4 is 28.9 Å². The zero-order chi connectivity index (χ0) is 19.2. The summed E-state index contributed by atoms with van der Waals surface area (Å²) < 4.78 is 0. The molecule has 3 rings (SSSR count). The van der Waals surface area contributed by atoms with Crippen molar-refractivity contribution in [2.45, 2.75) is 6.92 Å². The minimum atomic E-state index is -0.448. The summed E-state index contributed by atoms with van der Waals surface area (Å²) in [4.78, 5) is 23.3. The summed E-state index contributed by atoms with van der Waals surface area (Å²) >= 11 is 0. The highest BCUT2D eigenvalue weighted by Crippen LogP contribution is 2.23. The van der Waals surface area contributed by atoms with E-state index in [9.17, 15) is 14.9 Å². The third-order valence-electron chi connectivity index (χ3n) is 4.14. The number of nitro benzene ring substituents is 1. The van der Waals surface area contributed by atoms with Crippen molar-refractivity contribution in [3.8, 4) is 0 Å². The van der Waals surface area contributed by atoms with E-state index in [-0.39, 0.29) is 11.6 Å². The third kappa shape index (κ3) is 4.46. The SMILES string of the molecule is Cc1ccccc1NC(=O)/C(=C/c1ccc([N+](=O)[O-])cc1)c1ccccc1. The molecule has 0 aromatic heterocycles. The van der Waals surface area contributed by atoms with E-state index in [0.717, 1.165) is 16.8 Å². The molecule has 1 amide bonds. The molecule has 5 nitrogen and oxygen atoms in total. The molecule has 0 saturated heterocycles. The Balaban J connectivity index is 1.97. The fourth-order valence-electron chi connectivity index (χ4n) is 2.66. The number of carbonyl (C=O) groups excluding carboxylic acids is 1. The van der Waals surface area contributed by atoms with Crippen LogP contribution in [0.4, 0.5) is 11.4 Å². The van der Waals surface area contributed by atoms with E-state index >= 15 is 0 Å². The molecule has 0 saturated carbocycles. The Bertz CT molecular complexity index is 994. The van der Waals surface area contributed by atoms with Crippen molar-refractivity contribution in [1.82, 2.24) is 0 Å². The van der Waals surface area contributed by atoms with Crippen molar-refractivity contribution in [3.63, 3.8) is 0 Å². The van der Waals surface area contributed by atoms with Crippen LogP contribution in [0.2, 0.25) is 0 Å². The number of rotatable bonds is 5. The second-order valence-electron chi connectivity index (χ2n) is 6.04. The number of hydrogen-bond acceptors (Lipinski definition) is 3. The molecule has 0 radical (unpaired) electrons. The van der Waals surface area contributed by atoms with Gasteiger partial charge in [-0.15, -0.1) is 0 Å². The van der Waals surface area contributed by atoms with E-state index in [1.165, 1.54) is 12.1 Å². The van der Waals surface area contributed by atoms with Crippen LogP contribution in [0.25, 0.3) is 11.6 Å². The van der Waals surface area contributed by atoms with Crippen LogP contribution in [0.15, 0.2) is 78.9 Å². The zero-order valence-corrected chi connectivity index (χ0v) is 14.8. The van der Waals surface area contributed by atoms with E-state index in [4.69, 9.17) is 0 Å². The van der Waals surface area contributed by atoms with Gasteiger partial charge in [0.15, 0.2) is 0 Å². The number of hydrogen-bond donors (Lipinski definition) is 1. The van der Waals surface area contributed by atoms with E-state index in [1.54, 1.807) is 18.2 Å². The molecular weight excluding hydrogens is 340 g/mol. The van der Waals surface area contributed by atoms with Crippen LogP contribution in [-0.4, -0.2) is 10.8 Å². The van der Waals surface area contributed by atoms with Gasteiger partial charge >= 0.3 is 0 Å². The van der Waals surface area contributed by atoms with E-state index in [0.29, 0.717) is 11.1 Å². The maximum Gasteiger partial charge on any atom is 0.269 e. The summed E-state index contributed by atoms with van der Waals surface area (Å²) in [5.74, 6) is -0.242. The second-order valence-corrected chi connectivity index (χ2v) is 6.04. The normalized spacial score (nSPS) is 11.1. The predicted molar refractivity (Wildman–Crippen MR) is 107 cm³/mol. The van der Waals surface area contributed by atoms with Crippen molar-refractivity contribution in [1.29, 1.82) is 0 Å². The van der Waals surface area contributed by atoms with Crippen LogP contribution in [0.5, 0.6) is 0 Å². The van der Waals surface area contributed by atoms with Gasteiger partial charge in [0, 0.05) is 23.4 Å². The molecule has 3 aromatic carbocycles. The average Bonchev–Trinajstić information content (AvgIpc) is 2.69. The van der Waals surface area contributed by atoms with E-state index < -0.39 is 4.92 Å². The number of non-ortho nitro benzene ring substituents is 1. The summed E-state index contributed by atoms with van der Waals surface area (Å²) in [6.07, 6.45) is 1.73. The van der Waals surface area contributed by atoms with Gasteiger partial charge in [0.25, 0.3) is 11.6 Å². The Morgan fingerprint density at radius 2 is 1.56 bits per heavy atom. The van der Waals surface area contributed by atoms with Crippen molar-refractivity contribution in [3.05, 3.63) is 106 Å². The molecule has 0 unspecified atom stereocenters. The monoisotopic (exact) mass is 358 g/mol. The topological polar surface area (TPSA) is 72.2 Å². The molecule has 3 aromatic rings. The summed E-state index contributed by atoms with van der Waals surface area (Å²) in [5.41, 5.74) is 3.67. The predicted octanol–water partition coefficient (Wildman–Crippen LogP) is 5.08. The molecule has 134 valence electrons. The fourth-order valence-corrected chi connectivity index (χ4v) is 2.66. The van der Waals surface area contributed by atoms with E-state index in [1.807, 2.05) is 61.5 Å². The number of nitro groups is 1. The number of amides is 1. The number of nitrogens with one attached hydrogen (secondary N) is 1. The first-order chi connectivity index (χ1) is 13.0. The van der Waals surface area contributed by atoms with Gasteiger partial charge in [0.2, 0.25) is 0 Å². The molecule has 0 aliphatic rings. The first-order valence-corrected chi connectivity index (χ1v) is 8.43. The lowest BCUT2D eigenvalue weighted by molar-refractivity contribution is -0.384. The van der Waals surface area contributed by atoms with Gasteiger partial charge in [0.1, 0.15) is 0 Å². The Labute approximate surface area is 157 Å². The van der Waals surface area contributed by atoms with Crippen LogP contribution in [0.1, 0.15) is 16.7 Å². The zero-order valence-electron chi connectivity index (χ0n) is 14.8. The standard InChI is InChI=1S/C22H18N2O3/c1-16-7-5-6-10-21(16)23-22(25)20(18-8-3-2-4-9-18)15-17-11-13-19(14-12-17)24(26)27/h2-15H,1H3,(H,23,25)/b20-15+. The summed E-state index contributed by atoms with van der Waals surface area (Å²) in [7, 11) is 0. The minimum absolute atomic E-state index is 0.0118. The Morgan fingerprint density at radius 3 is 2.19 bits per heavy atom. The summed E-state index contributed by atoms with van der Waals surface area (Å²) in [5, 5.41) is 13.8. The Kier molecular flexibility index (Phi) is 5.42. The summed E-state index contributed by atoms with van der Waals surface area (Å²) in [6, 6.07) is 23.0. The maximum absolute atomic E-state index is 13.0. The highest BCUT2D eigenvalue weighted by molar-refractivity contribution is 6.29. The molecule has 27 heavy (non-hydrogen) atoms. The number of nitrogens with zero attached hydrogens (tertiary/aromatic N) is 1. The number of carbonyl (C=O) groups is 1. The average molecular weight is 358 g/mol. The molecule has 0 aliphatic heterocycles. The van der Waals surface area contributed by atoms with Gasteiger partial charge in [-0.2, -0.15) is 0 Å². The van der Waals surface area contributed by atoms with E-state index in [2.05, 4.69) is 5.32 Å². The number of benzene rings is 3. The lowest BCUT2D eigenvalue weighted by Crippen LogP contribution is -2.14. The lowest BCUT2D eigenvalue weighted by atomic mass is 10.0. The largest absolute Gasteiger partial charge is 0.322 e. The summed E-state index contributed by atoms with van der Waals surface area (Å²) in [6.45, 7) is 1.93. The first-order valence-electron chi connectivity index (χ1n) is 8.43. The quantitative estimate of drug-likeness (QED) is 0.299. The van der Waals surface area contributed by atoms with Crippen molar-refractivity contribution < 1.29 is 9.72 Å². The smallest absolute Gasteiger partial charge is 0.269 e. The Morgan fingerprint density at radius 1 is 0.926 bits per heavy atom. The van der Waals surface area contributed by atoms with Gasteiger partial charge < -0.3 is 5.32 Å². The van der Waals surface area contributed by atoms with Gasteiger partial charge in [-0.3, -0.25) is 14.9 Å². The maximum atomic E-state index is 13.0. The van der Waals surface area contributed by atoms with Crippen LogP contribution >= 0.6 is 0 Å². The molecular formula is C22H18N2O3. The molecule has 5 heteroatoms. The molecule has 0 bridgehead atoms. The molecule has 1 N–H and O–H groups in total. The Hall–Kier alpha value is -3.73. The minimum Gasteiger partial charge on any atom is -0.322 e. The number of para-hydroxylation sites is 1. The van der Waals surface area contributed by atoms with Crippen LogP contribution in [0, 0.1) is 17.0 Å². The van der Waals surface area contributed by atoms with Gasteiger partial charge in [0.05, 0.1) is 4.92 Å². The first kappa shape index (κ1) is 18.1.